The minimum atomic E-state index is -4.25. The Morgan fingerprint density at radius 1 is 1.08 bits per heavy atom. The molecule has 1 nitrogen and oxygen atoms in total. The molecule has 0 spiro atoms. The van der Waals surface area contributed by atoms with Gasteiger partial charge in [0.1, 0.15) is 5.69 Å². The van der Waals surface area contributed by atoms with Crippen molar-refractivity contribution in [1.82, 2.24) is 0 Å². The quantitative estimate of drug-likeness (QED) is 0.494. The molecule has 1 aromatic rings. The Kier molecular flexibility index (Phi) is 2.38. The van der Waals surface area contributed by atoms with Gasteiger partial charge < -0.3 is 5.32 Å². The van der Waals surface area contributed by atoms with Gasteiger partial charge in [-0.05, 0) is 24.3 Å². The summed E-state index contributed by atoms with van der Waals surface area (Å²) in [5.41, 5.74) is 0.0519. The number of hydrogen-bond donors (Lipinski definition) is 1. The molecule has 0 bridgehead atoms. The fraction of sp³-hybridized carbons (Fsp3) is 0.125. The zero-order valence-electron chi connectivity index (χ0n) is 6.23. The van der Waals surface area contributed by atoms with Crippen LogP contribution in [0.3, 0.4) is 0 Å². The Morgan fingerprint density at radius 3 is 1.92 bits per heavy atom. The first kappa shape index (κ1) is 9.06. The lowest BCUT2D eigenvalue weighted by atomic mass is 10.2. The molecule has 66 valence electrons. The van der Waals surface area contributed by atoms with Gasteiger partial charge in [0, 0.05) is 0 Å². The number of quaternary nitrogens is 1. The minimum absolute atomic E-state index is 0.631. The van der Waals surface area contributed by atoms with Crippen molar-refractivity contribution in [3.05, 3.63) is 36.9 Å². The summed E-state index contributed by atoms with van der Waals surface area (Å²) in [6.45, 7) is 0. The number of nitrogens with two attached hydrogens (primary N) is 1. The van der Waals surface area contributed by atoms with Crippen molar-refractivity contribution in [1.29, 1.82) is 0 Å². The summed E-state index contributed by atoms with van der Waals surface area (Å²) < 4.78 is 36.0. The first-order valence-corrected chi connectivity index (χ1v) is 3.34. The highest BCUT2D eigenvalue weighted by molar-refractivity contribution is 5.32. The van der Waals surface area contributed by atoms with Crippen LogP contribution in [0, 0.1) is 7.05 Å². The van der Waals surface area contributed by atoms with Crippen molar-refractivity contribution in [3.8, 4) is 0 Å². The molecule has 2 N–H and O–H groups in total. The van der Waals surface area contributed by atoms with Crippen LogP contribution < -0.4 is 5.32 Å². The van der Waals surface area contributed by atoms with E-state index in [-0.39, 0.29) is 0 Å². The highest BCUT2D eigenvalue weighted by Gasteiger charge is 2.29. The molecule has 0 atom stereocenters. The average Bonchev–Trinajstić information content (AvgIpc) is 2.03. The largest absolute Gasteiger partial charge is 0.446 e. The molecule has 0 fully saturated rings. The predicted molar refractivity (Wildman–Crippen MR) is 38.4 cm³/mol. The second-order valence-corrected chi connectivity index (χ2v) is 2.32. The van der Waals surface area contributed by atoms with E-state index in [4.69, 9.17) is 0 Å². The van der Waals surface area contributed by atoms with Crippen LogP contribution in [0.5, 0.6) is 0 Å². The van der Waals surface area contributed by atoms with E-state index in [9.17, 15) is 13.2 Å². The lowest BCUT2D eigenvalue weighted by molar-refractivity contribution is -0.504. The molecule has 1 rings (SSSR count). The van der Waals surface area contributed by atoms with Crippen molar-refractivity contribution >= 4 is 5.69 Å². The number of hydrogen-bond acceptors (Lipinski definition) is 0. The number of benzene rings is 1. The van der Waals surface area contributed by atoms with Crippen LogP contribution in [0.2, 0.25) is 0 Å². The van der Waals surface area contributed by atoms with E-state index in [2.05, 4.69) is 7.05 Å². The minimum Gasteiger partial charge on any atom is -0.446 e. The normalized spacial score (nSPS) is 11.7. The molecule has 0 heterocycles. The van der Waals surface area contributed by atoms with E-state index in [0.717, 1.165) is 12.1 Å². The van der Waals surface area contributed by atoms with Crippen molar-refractivity contribution in [2.75, 3.05) is 0 Å². The van der Waals surface area contributed by atoms with Crippen LogP contribution in [0.25, 0.3) is 0 Å². The fourth-order valence-electron chi connectivity index (χ4n) is 0.808. The number of rotatable bonds is 1. The van der Waals surface area contributed by atoms with E-state index < -0.39 is 11.7 Å². The van der Waals surface area contributed by atoms with Crippen LogP contribution >= 0.6 is 0 Å². The second-order valence-electron chi connectivity index (χ2n) is 2.32. The Morgan fingerprint density at radius 2 is 1.58 bits per heavy atom. The molecule has 0 unspecified atom stereocenters. The molecule has 0 aliphatic rings. The molecule has 0 aromatic heterocycles. The van der Waals surface area contributed by atoms with Gasteiger partial charge in [0.15, 0.2) is 0 Å². The summed E-state index contributed by atoms with van der Waals surface area (Å²) in [6, 6.07) is 4.85. The Hall–Kier alpha value is -1.03. The fourth-order valence-corrected chi connectivity index (χ4v) is 0.808. The van der Waals surface area contributed by atoms with Gasteiger partial charge >= 0.3 is 6.18 Å². The van der Waals surface area contributed by atoms with E-state index in [1.54, 1.807) is 0 Å². The number of halogens is 3. The molecule has 0 amide bonds. The molecule has 0 saturated heterocycles. The zero-order valence-corrected chi connectivity index (χ0v) is 6.23. The second kappa shape index (κ2) is 3.15. The number of alkyl halides is 3. The van der Waals surface area contributed by atoms with Gasteiger partial charge in [-0.3, -0.25) is 0 Å². The third-order valence-electron chi connectivity index (χ3n) is 1.47. The summed E-state index contributed by atoms with van der Waals surface area (Å²) in [7, 11) is 3.44. The molecule has 1 aromatic carbocycles. The summed E-state index contributed by atoms with van der Waals surface area (Å²) in [6.07, 6.45) is -4.25. The summed E-state index contributed by atoms with van der Waals surface area (Å²) >= 11 is 0. The van der Waals surface area contributed by atoms with Crippen LogP contribution in [0.4, 0.5) is 18.9 Å². The first-order valence-electron chi connectivity index (χ1n) is 3.34. The molecule has 0 aliphatic carbocycles. The van der Waals surface area contributed by atoms with Gasteiger partial charge in [-0.1, -0.05) is 0 Å². The monoisotopic (exact) mass is 175 g/mol. The SMILES string of the molecule is [CH2-][NH2+]c1ccc(C(F)(F)F)cc1. The van der Waals surface area contributed by atoms with Gasteiger partial charge in [-0.2, -0.15) is 13.2 Å². The molecule has 0 radical (unpaired) electrons. The Labute approximate surface area is 68.2 Å². The Balaban J connectivity index is 2.93. The molecule has 4 heteroatoms. The molecular formula is C8H8F3N. The van der Waals surface area contributed by atoms with Gasteiger partial charge in [0.05, 0.1) is 5.56 Å². The third kappa shape index (κ3) is 1.98. The van der Waals surface area contributed by atoms with Crippen LogP contribution in [-0.4, -0.2) is 0 Å². The topological polar surface area (TPSA) is 16.6 Å². The van der Waals surface area contributed by atoms with Gasteiger partial charge in [0.25, 0.3) is 0 Å². The van der Waals surface area contributed by atoms with Crippen molar-refractivity contribution < 1.29 is 18.5 Å². The Bertz CT molecular complexity index is 250. The summed E-state index contributed by atoms with van der Waals surface area (Å²) in [5.74, 6) is 0. The maximum absolute atomic E-state index is 12.0. The summed E-state index contributed by atoms with van der Waals surface area (Å²) in [5, 5.41) is 1.50. The molecule has 0 saturated carbocycles. The standard InChI is InChI=1S/C8H8F3N/c1-12-7-4-2-6(3-5-7)8(9,10)11/h2-5H,1,12H2. The van der Waals surface area contributed by atoms with E-state index in [0.29, 0.717) is 5.69 Å². The third-order valence-corrected chi connectivity index (χ3v) is 1.47. The highest BCUT2D eigenvalue weighted by atomic mass is 19.4. The van der Waals surface area contributed by atoms with E-state index >= 15 is 0 Å². The zero-order chi connectivity index (χ0) is 9.19. The van der Waals surface area contributed by atoms with Crippen LogP contribution in [0.1, 0.15) is 5.56 Å². The molecule has 12 heavy (non-hydrogen) atoms. The predicted octanol–water partition coefficient (Wildman–Crippen LogP) is 1.69. The first-order chi connectivity index (χ1) is 5.54. The molecule has 0 aliphatic heterocycles. The maximum atomic E-state index is 12.0. The summed E-state index contributed by atoms with van der Waals surface area (Å²) in [4.78, 5) is 0. The lowest BCUT2D eigenvalue weighted by Crippen LogP contribution is -2.69. The van der Waals surface area contributed by atoms with Gasteiger partial charge in [-0.25, -0.2) is 0 Å². The van der Waals surface area contributed by atoms with Crippen LogP contribution in [-0.2, 0) is 6.18 Å². The van der Waals surface area contributed by atoms with Crippen molar-refractivity contribution in [3.63, 3.8) is 0 Å². The van der Waals surface area contributed by atoms with Crippen LogP contribution in [0.15, 0.2) is 24.3 Å². The van der Waals surface area contributed by atoms with Crippen molar-refractivity contribution in [2.45, 2.75) is 6.18 Å². The molecular weight excluding hydrogens is 167 g/mol. The maximum Gasteiger partial charge on any atom is 0.416 e. The smallest absolute Gasteiger partial charge is 0.416 e. The van der Waals surface area contributed by atoms with E-state index in [1.165, 1.54) is 17.4 Å². The average molecular weight is 175 g/mol. The highest BCUT2D eigenvalue weighted by Crippen LogP contribution is 2.29. The van der Waals surface area contributed by atoms with Gasteiger partial charge in [-0.15, -0.1) is 7.05 Å². The van der Waals surface area contributed by atoms with E-state index in [1.807, 2.05) is 0 Å². The lowest BCUT2D eigenvalue weighted by Gasteiger charge is -2.06. The van der Waals surface area contributed by atoms with Crippen molar-refractivity contribution in [2.24, 2.45) is 0 Å². The van der Waals surface area contributed by atoms with Gasteiger partial charge in [0.2, 0.25) is 0 Å².